The Kier molecular flexibility index (Phi) is 7.94. The maximum Gasteiger partial charge on any atom is 0.407 e. The van der Waals surface area contributed by atoms with Crippen LogP contribution in [0.5, 0.6) is 5.75 Å². The molecule has 1 N–H and O–H groups in total. The number of benzene rings is 1. The first-order valence-electron chi connectivity index (χ1n) is 11.3. The fraction of sp³-hybridized carbons (Fsp3) is 0.609. The number of piperidine rings is 1. The second-order valence-electron chi connectivity index (χ2n) is 8.86. The standard InChI is InChI=1S/C23H32ClN3O6/c1-4-32-20(28)16-6-5-7-27(15-16)18-12-17(24)13-19(14-18)33-23(2,3)21(29)25-8-10-26(11-9-25)22(30)31/h12-14,16H,4-11,15H2,1-3H3,(H,30,31). The van der Waals surface area contributed by atoms with Crippen molar-refractivity contribution in [2.45, 2.75) is 39.2 Å². The molecule has 3 rings (SSSR count). The van der Waals surface area contributed by atoms with E-state index in [1.807, 2.05) is 12.1 Å². The first-order valence-corrected chi connectivity index (χ1v) is 11.7. The molecule has 0 bridgehead atoms. The summed E-state index contributed by atoms with van der Waals surface area (Å²) in [5.74, 6) is -0.132. The van der Waals surface area contributed by atoms with Gasteiger partial charge in [0.05, 0.1) is 12.5 Å². The molecule has 2 aliphatic rings. The van der Waals surface area contributed by atoms with E-state index in [1.54, 1.807) is 31.7 Å². The van der Waals surface area contributed by atoms with Crippen LogP contribution in [0.1, 0.15) is 33.6 Å². The highest BCUT2D eigenvalue weighted by Crippen LogP contribution is 2.32. The number of amides is 2. The van der Waals surface area contributed by atoms with Crippen LogP contribution in [0.25, 0.3) is 0 Å². The fourth-order valence-corrected chi connectivity index (χ4v) is 4.49. The fourth-order valence-electron chi connectivity index (χ4n) is 4.27. The molecule has 2 saturated heterocycles. The van der Waals surface area contributed by atoms with E-state index in [2.05, 4.69) is 4.90 Å². The molecule has 2 fully saturated rings. The SMILES string of the molecule is CCOC(=O)C1CCCN(c2cc(Cl)cc(OC(C)(C)C(=O)N3CCN(C(=O)O)CC3)c2)C1. The van der Waals surface area contributed by atoms with E-state index >= 15 is 0 Å². The topological polar surface area (TPSA) is 99.6 Å². The summed E-state index contributed by atoms with van der Waals surface area (Å²) < 4.78 is 11.3. The summed E-state index contributed by atoms with van der Waals surface area (Å²) in [4.78, 5) is 41.4. The molecular weight excluding hydrogens is 450 g/mol. The Morgan fingerprint density at radius 3 is 2.39 bits per heavy atom. The molecule has 9 nitrogen and oxygen atoms in total. The number of piperazine rings is 1. The number of carbonyl (C=O) groups excluding carboxylic acids is 2. The van der Waals surface area contributed by atoms with Gasteiger partial charge >= 0.3 is 12.1 Å². The maximum absolute atomic E-state index is 13.1. The monoisotopic (exact) mass is 481 g/mol. The van der Waals surface area contributed by atoms with Crippen molar-refractivity contribution >= 4 is 35.3 Å². The number of hydrogen-bond acceptors (Lipinski definition) is 6. The minimum Gasteiger partial charge on any atom is -0.478 e. The third-order valence-electron chi connectivity index (χ3n) is 5.99. The molecule has 182 valence electrons. The summed E-state index contributed by atoms with van der Waals surface area (Å²) in [6.07, 6.45) is 0.668. The molecule has 0 aliphatic carbocycles. The second kappa shape index (κ2) is 10.5. The first-order chi connectivity index (χ1) is 15.6. The van der Waals surface area contributed by atoms with Gasteiger partial charge in [-0.2, -0.15) is 0 Å². The average molecular weight is 482 g/mol. The largest absolute Gasteiger partial charge is 0.478 e. The third kappa shape index (κ3) is 6.22. The van der Waals surface area contributed by atoms with Crippen molar-refractivity contribution in [1.82, 2.24) is 9.80 Å². The van der Waals surface area contributed by atoms with Crippen molar-refractivity contribution in [2.75, 3.05) is 50.8 Å². The first kappa shape index (κ1) is 25.0. The lowest BCUT2D eigenvalue weighted by atomic mass is 9.97. The van der Waals surface area contributed by atoms with Crippen molar-refractivity contribution in [3.63, 3.8) is 0 Å². The highest BCUT2D eigenvalue weighted by molar-refractivity contribution is 6.31. The minimum atomic E-state index is -1.16. The van der Waals surface area contributed by atoms with E-state index in [1.165, 1.54) is 4.90 Å². The number of rotatable bonds is 6. The Morgan fingerprint density at radius 1 is 1.09 bits per heavy atom. The lowest BCUT2D eigenvalue weighted by molar-refractivity contribution is -0.148. The zero-order valence-electron chi connectivity index (χ0n) is 19.4. The molecule has 33 heavy (non-hydrogen) atoms. The lowest BCUT2D eigenvalue weighted by Gasteiger charge is -2.38. The zero-order valence-corrected chi connectivity index (χ0v) is 20.1. The van der Waals surface area contributed by atoms with Gasteiger partial charge in [0, 0.05) is 56.0 Å². The van der Waals surface area contributed by atoms with Crippen LogP contribution >= 0.6 is 11.6 Å². The van der Waals surface area contributed by atoms with Crippen LogP contribution in [0.2, 0.25) is 5.02 Å². The highest BCUT2D eigenvalue weighted by atomic mass is 35.5. The van der Waals surface area contributed by atoms with Gasteiger partial charge in [-0.05, 0) is 45.7 Å². The van der Waals surface area contributed by atoms with Gasteiger partial charge in [-0.15, -0.1) is 0 Å². The number of carboxylic acid groups (broad SMARTS) is 1. The molecule has 2 heterocycles. The highest BCUT2D eigenvalue weighted by Gasteiger charge is 2.36. The van der Waals surface area contributed by atoms with E-state index in [9.17, 15) is 14.4 Å². The number of halogens is 1. The van der Waals surface area contributed by atoms with Crippen molar-refractivity contribution in [2.24, 2.45) is 5.92 Å². The summed E-state index contributed by atoms with van der Waals surface area (Å²) in [5.41, 5.74) is -0.340. The van der Waals surface area contributed by atoms with Gasteiger partial charge in [0.15, 0.2) is 5.60 Å². The van der Waals surface area contributed by atoms with Crippen LogP contribution in [-0.2, 0) is 14.3 Å². The quantitative estimate of drug-likeness (QED) is 0.623. The Balaban J connectivity index is 1.69. The number of anilines is 1. The van der Waals surface area contributed by atoms with E-state index in [4.69, 9.17) is 26.2 Å². The van der Waals surface area contributed by atoms with Crippen molar-refractivity contribution in [3.8, 4) is 5.75 Å². The average Bonchev–Trinajstić information content (AvgIpc) is 2.78. The molecule has 1 atom stereocenters. The normalized spacial score (nSPS) is 19.3. The molecule has 1 aromatic carbocycles. The molecule has 2 amide bonds. The third-order valence-corrected chi connectivity index (χ3v) is 6.21. The number of ether oxygens (including phenoxy) is 2. The van der Waals surface area contributed by atoms with Gasteiger partial charge in [-0.1, -0.05) is 11.6 Å². The Labute approximate surface area is 199 Å². The molecule has 2 aliphatic heterocycles. The Morgan fingerprint density at radius 2 is 1.76 bits per heavy atom. The summed E-state index contributed by atoms with van der Waals surface area (Å²) in [6.45, 7) is 8.05. The van der Waals surface area contributed by atoms with Crippen LogP contribution in [-0.4, -0.2) is 84.4 Å². The van der Waals surface area contributed by atoms with E-state index < -0.39 is 11.7 Å². The zero-order chi connectivity index (χ0) is 24.2. The lowest BCUT2D eigenvalue weighted by Crippen LogP contribution is -2.56. The number of esters is 1. The summed E-state index contributed by atoms with van der Waals surface area (Å²) in [6, 6.07) is 5.31. The predicted molar refractivity (Wildman–Crippen MR) is 124 cm³/mol. The van der Waals surface area contributed by atoms with Crippen LogP contribution < -0.4 is 9.64 Å². The molecule has 0 aromatic heterocycles. The Bertz CT molecular complexity index is 885. The number of nitrogens with zero attached hydrogens (tertiary/aromatic N) is 3. The van der Waals surface area contributed by atoms with Crippen molar-refractivity contribution in [3.05, 3.63) is 23.2 Å². The molecule has 0 saturated carbocycles. The van der Waals surface area contributed by atoms with Crippen LogP contribution in [0.4, 0.5) is 10.5 Å². The molecule has 0 radical (unpaired) electrons. The van der Waals surface area contributed by atoms with Crippen LogP contribution in [0.15, 0.2) is 18.2 Å². The number of carbonyl (C=O) groups is 3. The molecule has 1 aromatic rings. The maximum atomic E-state index is 13.1. The van der Waals surface area contributed by atoms with Gasteiger partial charge < -0.3 is 29.3 Å². The molecule has 10 heteroatoms. The smallest absolute Gasteiger partial charge is 0.407 e. The molecule has 1 unspecified atom stereocenters. The summed E-state index contributed by atoms with van der Waals surface area (Å²) in [7, 11) is 0. The minimum absolute atomic E-state index is 0.185. The van der Waals surface area contributed by atoms with Gasteiger partial charge in [0.1, 0.15) is 5.75 Å². The van der Waals surface area contributed by atoms with E-state index in [-0.39, 0.29) is 30.9 Å². The van der Waals surface area contributed by atoms with Crippen LogP contribution in [0, 0.1) is 5.92 Å². The van der Waals surface area contributed by atoms with Crippen molar-refractivity contribution < 1.29 is 29.0 Å². The van der Waals surface area contributed by atoms with Gasteiger partial charge in [-0.3, -0.25) is 9.59 Å². The van der Waals surface area contributed by atoms with Crippen molar-refractivity contribution in [1.29, 1.82) is 0 Å². The summed E-state index contributed by atoms with van der Waals surface area (Å²) in [5, 5.41) is 9.58. The van der Waals surface area contributed by atoms with Gasteiger partial charge in [0.25, 0.3) is 5.91 Å². The Hall–Kier alpha value is -2.68. The number of hydrogen-bond donors (Lipinski definition) is 1. The predicted octanol–water partition coefficient (Wildman–Crippen LogP) is 3.10. The van der Waals surface area contributed by atoms with Crippen LogP contribution in [0.3, 0.4) is 0 Å². The van der Waals surface area contributed by atoms with Gasteiger partial charge in [-0.25, -0.2) is 4.79 Å². The second-order valence-corrected chi connectivity index (χ2v) is 9.29. The van der Waals surface area contributed by atoms with E-state index in [0.29, 0.717) is 37.0 Å². The van der Waals surface area contributed by atoms with E-state index in [0.717, 1.165) is 25.1 Å². The summed E-state index contributed by atoms with van der Waals surface area (Å²) >= 11 is 6.37. The molecule has 0 spiro atoms. The van der Waals surface area contributed by atoms with Gasteiger partial charge in [0.2, 0.25) is 0 Å². The molecular formula is C23H32ClN3O6.